The van der Waals surface area contributed by atoms with Gasteiger partial charge in [-0.25, -0.2) is 0 Å². The number of rotatable bonds is 6. The Morgan fingerprint density at radius 3 is 3.00 bits per heavy atom. The molecule has 1 aliphatic rings. The molecule has 0 saturated carbocycles. The molecule has 0 spiro atoms. The Kier molecular flexibility index (Phi) is 5.45. The lowest BCUT2D eigenvalue weighted by atomic mass is 9.96. The molecule has 1 atom stereocenters. The summed E-state index contributed by atoms with van der Waals surface area (Å²) in [7, 11) is 0. The lowest BCUT2D eigenvalue weighted by Gasteiger charge is -2.31. The van der Waals surface area contributed by atoms with Crippen LogP contribution in [0.15, 0.2) is 30.9 Å². The van der Waals surface area contributed by atoms with Gasteiger partial charge in [-0.15, -0.1) is 6.58 Å². The van der Waals surface area contributed by atoms with Crippen molar-refractivity contribution in [2.45, 2.75) is 39.7 Å². The fraction of sp³-hybridized carbons (Fsp3) is 0.429. The van der Waals surface area contributed by atoms with Gasteiger partial charge in [0, 0.05) is 42.7 Å². The highest BCUT2D eigenvalue weighted by atomic mass is 16.2. The summed E-state index contributed by atoms with van der Waals surface area (Å²) >= 11 is 0. The number of amides is 2. The molecule has 2 amide bonds. The summed E-state index contributed by atoms with van der Waals surface area (Å²) in [6.45, 7) is 9.44. The smallest absolute Gasteiger partial charge is 0.225 e. The quantitative estimate of drug-likeness (QED) is 0.784. The van der Waals surface area contributed by atoms with E-state index in [1.54, 1.807) is 11.0 Å². The zero-order valence-electron chi connectivity index (χ0n) is 15.6. The second-order valence-electron chi connectivity index (χ2n) is 7.00. The third kappa shape index (κ3) is 3.66. The molecule has 2 heterocycles. The van der Waals surface area contributed by atoms with E-state index >= 15 is 0 Å². The highest BCUT2D eigenvalue weighted by Gasteiger charge is 2.29. The second kappa shape index (κ2) is 7.77. The van der Waals surface area contributed by atoms with Crippen molar-refractivity contribution < 1.29 is 9.59 Å². The molecular formula is C21H27N3O2. The predicted octanol–water partition coefficient (Wildman–Crippen LogP) is 3.08. The molecular weight excluding hydrogens is 326 g/mol. The molecule has 2 aromatic rings. The normalized spacial score (nSPS) is 17.5. The molecule has 0 radical (unpaired) electrons. The molecule has 1 fully saturated rings. The highest BCUT2D eigenvalue weighted by molar-refractivity contribution is 5.86. The number of H-pyrrole nitrogens is 1. The minimum absolute atomic E-state index is 0.0201. The molecule has 1 saturated heterocycles. The largest absolute Gasteiger partial charge is 0.358 e. The second-order valence-corrected chi connectivity index (χ2v) is 7.00. The SMILES string of the molecule is C=CCN1C[C@@H](C(=O)NCc2ccc3[nH]c(CC)c(C)c3c2)CCC1=O. The zero-order chi connectivity index (χ0) is 18.7. The topological polar surface area (TPSA) is 65.2 Å². The Hall–Kier alpha value is -2.56. The van der Waals surface area contributed by atoms with E-state index in [4.69, 9.17) is 0 Å². The first-order valence-corrected chi connectivity index (χ1v) is 9.30. The maximum atomic E-state index is 12.5. The van der Waals surface area contributed by atoms with Gasteiger partial charge in [-0.3, -0.25) is 9.59 Å². The number of carbonyl (C=O) groups excluding carboxylic acids is 2. The fourth-order valence-corrected chi connectivity index (χ4v) is 3.69. The number of piperidine rings is 1. The molecule has 138 valence electrons. The van der Waals surface area contributed by atoms with Crippen LogP contribution in [0.5, 0.6) is 0 Å². The number of likely N-dealkylation sites (tertiary alicyclic amines) is 1. The summed E-state index contributed by atoms with van der Waals surface area (Å²) in [5.41, 5.74) is 4.77. The van der Waals surface area contributed by atoms with Crippen LogP contribution in [0.25, 0.3) is 10.9 Å². The van der Waals surface area contributed by atoms with Gasteiger partial charge < -0.3 is 15.2 Å². The number of fused-ring (bicyclic) bond motifs is 1. The number of aromatic nitrogens is 1. The third-order valence-electron chi connectivity index (χ3n) is 5.27. The van der Waals surface area contributed by atoms with E-state index in [9.17, 15) is 9.59 Å². The first-order chi connectivity index (χ1) is 12.5. The maximum absolute atomic E-state index is 12.5. The standard InChI is InChI=1S/C21H27N3O2/c1-4-10-24-13-16(7-9-20(24)25)21(26)22-12-15-6-8-19-17(11-15)14(3)18(5-2)23-19/h4,6,8,11,16,23H,1,5,7,9-10,12-13H2,2-3H3,(H,22,26)/t16-/m0/s1. The van der Waals surface area contributed by atoms with E-state index in [1.165, 1.54) is 16.6 Å². The molecule has 3 rings (SSSR count). The Morgan fingerprint density at radius 2 is 2.27 bits per heavy atom. The maximum Gasteiger partial charge on any atom is 0.225 e. The van der Waals surface area contributed by atoms with Gasteiger partial charge in [0.1, 0.15) is 0 Å². The van der Waals surface area contributed by atoms with Crippen LogP contribution in [0.3, 0.4) is 0 Å². The molecule has 0 bridgehead atoms. The summed E-state index contributed by atoms with van der Waals surface area (Å²) in [4.78, 5) is 29.5. The van der Waals surface area contributed by atoms with Gasteiger partial charge in [-0.05, 0) is 43.0 Å². The minimum Gasteiger partial charge on any atom is -0.358 e. The lowest BCUT2D eigenvalue weighted by molar-refractivity contribution is -0.137. The molecule has 0 unspecified atom stereocenters. The van der Waals surface area contributed by atoms with Crippen molar-refractivity contribution in [3.63, 3.8) is 0 Å². The Bertz CT molecular complexity index is 837. The van der Waals surface area contributed by atoms with Crippen molar-refractivity contribution in [1.29, 1.82) is 0 Å². The third-order valence-corrected chi connectivity index (χ3v) is 5.27. The molecule has 0 aliphatic carbocycles. The van der Waals surface area contributed by atoms with Gasteiger partial charge in [-0.1, -0.05) is 19.1 Å². The number of hydrogen-bond acceptors (Lipinski definition) is 2. The van der Waals surface area contributed by atoms with E-state index in [-0.39, 0.29) is 17.7 Å². The molecule has 26 heavy (non-hydrogen) atoms. The first kappa shape index (κ1) is 18.2. The van der Waals surface area contributed by atoms with Crippen LogP contribution in [0.1, 0.15) is 36.6 Å². The van der Waals surface area contributed by atoms with Gasteiger partial charge in [0.25, 0.3) is 0 Å². The molecule has 1 aromatic heterocycles. The number of nitrogens with zero attached hydrogens (tertiary/aromatic N) is 1. The van der Waals surface area contributed by atoms with E-state index in [2.05, 4.69) is 42.9 Å². The van der Waals surface area contributed by atoms with Crippen LogP contribution in [-0.2, 0) is 22.6 Å². The number of nitrogens with one attached hydrogen (secondary N) is 2. The summed E-state index contributed by atoms with van der Waals surface area (Å²) in [6, 6.07) is 6.27. The van der Waals surface area contributed by atoms with E-state index < -0.39 is 0 Å². The summed E-state index contributed by atoms with van der Waals surface area (Å²) in [5, 5.41) is 4.25. The van der Waals surface area contributed by atoms with Crippen LogP contribution in [-0.4, -0.2) is 34.8 Å². The van der Waals surface area contributed by atoms with Crippen molar-refractivity contribution in [2.75, 3.05) is 13.1 Å². The van der Waals surface area contributed by atoms with Crippen molar-refractivity contribution in [2.24, 2.45) is 5.92 Å². The molecule has 1 aliphatic heterocycles. The monoisotopic (exact) mass is 353 g/mol. The van der Waals surface area contributed by atoms with Crippen molar-refractivity contribution in [3.8, 4) is 0 Å². The number of hydrogen-bond donors (Lipinski definition) is 2. The van der Waals surface area contributed by atoms with Crippen LogP contribution < -0.4 is 5.32 Å². The molecule has 5 heteroatoms. The van der Waals surface area contributed by atoms with E-state index in [0.717, 1.165) is 17.5 Å². The summed E-state index contributed by atoms with van der Waals surface area (Å²) < 4.78 is 0. The number of benzene rings is 1. The molecule has 2 N–H and O–H groups in total. The average molecular weight is 353 g/mol. The van der Waals surface area contributed by atoms with Crippen LogP contribution in [0.2, 0.25) is 0 Å². The summed E-state index contributed by atoms with van der Waals surface area (Å²) in [5.74, 6) is -0.0159. The zero-order valence-corrected chi connectivity index (χ0v) is 15.6. The average Bonchev–Trinajstić information content (AvgIpc) is 2.97. The highest BCUT2D eigenvalue weighted by Crippen LogP contribution is 2.23. The fourth-order valence-electron chi connectivity index (χ4n) is 3.69. The lowest BCUT2D eigenvalue weighted by Crippen LogP contribution is -2.45. The van der Waals surface area contributed by atoms with Gasteiger partial charge in [0.15, 0.2) is 0 Å². The molecule has 1 aromatic carbocycles. The number of aromatic amines is 1. The predicted molar refractivity (Wildman–Crippen MR) is 104 cm³/mol. The van der Waals surface area contributed by atoms with Gasteiger partial charge in [0.2, 0.25) is 11.8 Å². The minimum atomic E-state index is -0.142. The number of aryl methyl sites for hydroxylation is 2. The Labute approximate surface area is 154 Å². The molecule has 5 nitrogen and oxygen atoms in total. The van der Waals surface area contributed by atoms with Crippen LogP contribution in [0, 0.1) is 12.8 Å². The Morgan fingerprint density at radius 1 is 1.46 bits per heavy atom. The van der Waals surface area contributed by atoms with E-state index in [0.29, 0.717) is 32.5 Å². The Balaban J connectivity index is 1.64. The first-order valence-electron chi connectivity index (χ1n) is 9.30. The van der Waals surface area contributed by atoms with Crippen LogP contribution in [0.4, 0.5) is 0 Å². The van der Waals surface area contributed by atoms with Crippen molar-refractivity contribution in [3.05, 3.63) is 47.7 Å². The van der Waals surface area contributed by atoms with Crippen molar-refractivity contribution in [1.82, 2.24) is 15.2 Å². The van der Waals surface area contributed by atoms with Crippen LogP contribution >= 0.6 is 0 Å². The van der Waals surface area contributed by atoms with Crippen molar-refractivity contribution >= 4 is 22.7 Å². The van der Waals surface area contributed by atoms with Gasteiger partial charge in [-0.2, -0.15) is 0 Å². The summed E-state index contributed by atoms with van der Waals surface area (Å²) in [6.07, 6.45) is 3.74. The number of carbonyl (C=O) groups is 2. The van der Waals surface area contributed by atoms with Gasteiger partial charge in [0.05, 0.1) is 5.92 Å². The van der Waals surface area contributed by atoms with Gasteiger partial charge >= 0.3 is 0 Å². The van der Waals surface area contributed by atoms with E-state index in [1.807, 2.05) is 6.07 Å².